The van der Waals surface area contributed by atoms with Crippen molar-refractivity contribution in [3.8, 4) is 5.75 Å². The van der Waals surface area contributed by atoms with Gasteiger partial charge in [-0.15, -0.1) is 0 Å². The van der Waals surface area contributed by atoms with Gasteiger partial charge >= 0.3 is 0 Å². The van der Waals surface area contributed by atoms with E-state index in [4.69, 9.17) is 5.73 Å². The number of carbonyl (C=O) groups excluding carboxylic acids is 1. The maximum atomic E-state index is 11.6. The van der Waals surface area contributed by atoms with Crippen molar-refractivity contribution >= 4 is 11.7 Å². The Balaban J connectivity index is 2.80. The molecule has 5 nitrogen and oxygen atoms in total. The molecule has 88 valence electrons. The molecule has 1 rings (SSSR count). The van der Waals surface area contributed by atoms with Gasteiger partial charge in [0.05, 0.1) is 6.04 Å². The molecule has 0 aliphatic carbocycles. The first-order valence-electron chi connectivity index (χ1n) is 5.15. The monoisotopic (exact) mass is 223 g/mol. The highest BCUT2D eigenvalue weighted by Crippen LogP contribution is 2.20. The van der Waals surface area contributed by atoms with Gasteiger partial charge in [0, 0.05) is 5.69 Å². The maximum Gasteiger partial charge on any atom is 0.242 e. The normalized spacial score (nSPS) is 12.6. The summed E-state index contributed by atoms with van der Waals surface area (Å²) in [4.78, 5) is 15.6. The molecule has 0 aliphatic rings. The Bertz CT molecular complexity index is 391. The second kappa shape index (κ2) is 4.94. The van der Waals surface area contributed by atoms with Crippen LogP contribution >= 0.6 is 0 Å². The molecule has 1 aromatic heterocycles. The van der Waals surface area contributed by atoms with Gasteiger partial charge in [-0.2, -0.15) is 0 Å². The molecule has 1 atom stereocenters. The van der Waals surface area contributed by atoms with Crippen molar-refractivity contribution in [1.29, 1.82) is 0 Å². The van der Waals surface area contributed by atoms with Crippen molar-refractivity contribution in [2.45, 2.75) is 26.8 Å². The summed E-state index contributed by atoms with van der Waals surface area (Å²) >= 11 is 0. The third-order valence-electron chi connectivity index (χ3n) is 2.28. The van der Waals surface area contributed by atoms with Gasteiger partial charge in [0.2, 0.25) is 5.91 Å². The van der Waals surface area contributed by atoms with E-state index in [1.54, 1.807) is 13.0 Å². The van der Waals surface area contributed by atoms with Crippen LogP contribution in [0.3, 0.4) is 0 Å². The number of hydrogen-bond acceptors (Lipinski definition) is 4. The van der Waals surface area contributed by atoms with E-state index < -0.39 is 6.04 Å². The summed E-state index contributed by atoms with van der Waals surface area (Å²) in [7, 11) is 0. The van der Waals surface area contributed by atoms with Gasteiger partial charge < -0.3 is 16.2 Å². The van der Waals surface area contributed by atoms with E-state index >= 15 is 0 Å². The number of rotatable bonds is 3. The number of aromatic nitrogens is 1. The van der Waals surface area contributed by atoms with Gasteiger partial charge in [0.1, 0.15) is 0 Å². The van der Waals surface area contributed by atoms with Crippen LogP contribution in [0.2, 0.25) is 0 Å². The van der Waals surface area contributed by atoms with Crippen LogP contribution in [0.15, 0.2) is 12.1 Å². The third-order valence-corrected chi connectivity index (χ3v) is 2.28. The fourth-order valence-corrected chi connectivity index (χ4v) is 1.14. The highest BCUT2D eigenvalue weighted by molar-refractivity contribution is 5.95. The highest BCUT2D eigenvalue weighted by atomic mass is 16.3. The molecule has 0 spiro atoms. The second-order valence-corrected chi connectivity index (χ2v) is 4.08. The van der Waals surface area contributed by atoms with Gasteiger partial charge in [-0.3, -0.25) is 4.79 Å². The predicted molar refractivity (Wildman–Crippen MR) is 62.1 cm³/mol. The van der Waals surface area contributed by atoms with Crippen molar-refractivity contribution in [3.63, 3.8) is 0 Å². The van der Waals surface area contributed by atoms with E-state index in [0.29, 0.717) is 5.69 Å². The van der Waals surface area contributed by atoms with Crippen LogP contribution in [-0.4, -0.2) is 22.0 Å². The number of hydrogen-bond donors (Lipinski definition) is 3. The molecule has 0 bridgehead atoms. The molecule has 16 heavy (non-hydrogen) atoms. The van der Waals surface area contributed by atoms with Crippen LogP contribution < -0.4 is 11.1 Å². The summed E-state index contributed by atoms with van der Waals surface area (Å²) in [6.45, 7) is 5.49. The van der Waals surface area contributed by atoms with E-state index in [1.165, 1.54) is 6.07 Å². The molecule has 1 amide bonds. The molecule has 1 heterocycles. The molecule has 4 N–H and O–H groups in total. The molecular weight excluding hydrogens is 206 g/mol. The molecule has 0 saturated heterocycles. The smallest absolute Gasteiger partial charge is 0.242 e. The zero-order valence-electron chi connectivity index (χ0n) is 9.69. The lowest BCUT2D eigenvalue weighted by molar-refractivity contribution is -0.118. The minimum atomic E-state index is -0.610. The van der Waals surface area contributed by atoms with E-state index in [9.17, 15) is 9.90 Å². The van der Waals surface area contributed by atoms with Gasteiger partial charge in [0.15, 0.2) is 11.6 Å². The minimum absolute atomic E-state index is 0.0342. The fourth-order valence-electron chi connectivity index (χ4n) is 1.14. The molecule has 0 aliphatic heterocycles. The molecule has 0 unspecified atom stereocenters. The van der Waals surface area contributed by atoms with E-state index in [2.05, 4.69) is 10.3 Å². The topological polar surface area (TPSA) is 88.2 Å². The van der Waals surface area contributed by atoms with Crippen LogP contribution in [-0.2, 0) is 4.79 Å². The molecular formula is C11H17N3O2. The molecule has 0 fully saturated rings. The second-order valence-electron chi connectivity index (χ2n) is 4.08. The van der Waals surface area contributed by atoms with Crippen LogP contribution in [0.4, 0.5) is 5.82 Å². The average molecular weight is 223 g/mol. The SMILES string of the molecule is Cc1ccc(O)c(NC(=O)[C@@H](N)C(C)C)n1. The van der Waals surface area contributed by atoms with Gasteiger partial charge in [-0.1, -0.05) is 13.8 Å². The Kier molecular flexibility index (Phi) is 3.84. The van der Waals surface area contributed by atoms with Crippen LogP contribution in [0.5, 0.6) is 5.75 Å². The Morgan fingerprint density at radius 2 is 2.12 bits per heavy atom. The summed E-state index contributed by atoms with van der Waals surface area (Å²) < 4.78 is 0. The average Bonchev–Trinajstić information content (AvgIpc) is 2.22. The molecule has 5 heteroatoms. The summed E-state index contributed by atoms with van der Waals surface area (Å²) in [6, 6.07) is 2.54. The first-order valence-corrected chi connectivity index (χ1v) is 5.15. The number of carbonyl (C=O) groups is 1. The van der Waals surface area contributed by atoms with Crippen LogP contribution in [0, 0.1) is 12.8 Å². The van der Waals surface area contributed by atoms with E-state index in [-0.39, 0.29) is 23.4 Å². The number of nitrogens with zero attached hydrogens (tertiary/aromatic N) is 1. The number of aryl methyl sites for hydroxylation is 1. The van der Waals surface area contributed by atoms with Gasteiger partial charge in [-0.25, -0.2) is 4.98 Å². The summed E-state index contributed by atoms with van der Waals surface area (Å²) in [5.74, 6) is -0.216. The van der Waals surface area contributed by atoms with E-state index in [1.807, 2.05) is 13.8 Å². The molecule has 0 radical (unpaired) electrons. The Morgan fingerprint density at radius 3 is 2.69 bits per heavy atom. The largest absolute Gasteiger partial charge is 0.504 e. The fraction of sp³-hybridized carbons (Fsp3) is 0.455. The van der Waals surface area contributed by atoms with Crippen molar-refractivity contribution in [2.75, 3.05) is 5.32 Å². The van der Waals surface area contributed by atoms with Crippen molar-refractivity contribution < 1.29 is 9.90 Å². The zero-order chi connectivity index (χ0) is 12.3. The predicted octanol–water partition coefficient (Wildman–Crippen LogP) is 1.02. The Labute approximate surface area is 94.7 Å². The number of nitrogens with two attached hydrogens (primary N) is 1. The van der Waals surface area contributed by atoms with Gasteiger partial charge in [0.25, 0.3) is 0 Å². The van der Waals surface area contributed by atoms with Crippen molar-refractivity contribution in [3.05, 3.63) is 17.8 Å². The first kappa shape index (κ1) is 12.4. The third kappa shape index (κ3) is 2.93. The Morgan fingerprint density at radius 1 is 1.50 bits per heavy atom. The highest BCUT2D eigenvalue weighted by Gasteiger charge is 2.18. The molecule has 0 aromatic carbocycles. The first-order chi connectivity index (χ1) is 7.41. The maximum absolute atomic E-state index is 11.6. The number of amides is 1. The lowest BCUT2D eigenvalue weighted by Gasteiger charge is -2.15. The molecule has 0 saturated carbocycles. The number of nitrogens with one attached hydrogen (secondary N) is 1. The lowest BCUT2D eigenvalue weighted by atomic mass is 10.1. The van der Waals surface area contributed by atoms with E-state index in [0.717, 1.165) is 0 Å². The summed E-state index contributed by atoms with van der Waals surface area (Å²) in [5.41, 5.74) is 6.39. The number of anilines is 1. The Hall–Kier alpha value is -1.62. The standard InChI is InChI=1S/C11H17N3O2/c1-6(2)9(12)11(16)14-10-8(15)5-4-7(3)13-10/h4-6,9,15H,12H2,1-3H3,(H,13,14,16)/t9-/m0/s1. The minimum Gasteiger partial charge on any atom is -0.504 e. The number of aromatic hydroxyl groups is 1. The quantitative estimate of drug-likeness (QED) is 0.713. The van der Waals surface area contributed by atoms with Gasteiger partial charge in [-0.05, 0) is 25.0 Å². The van der Waals surface area contributed by atoms with Crippen LogP contribution in [0.25, 0.3) is 0 Å². The van der Waals surface area contributed by atoms with Crippen molar-refractivity contribution in [2.24, 2.45) is 11.7 Å². The van der Waals surface area contributed by atoms with Crippen molar-refractivity contribution in [1.82, 2.24) is 4.98 Å². The number of pyridine rings is 1. The summed E-state index contributed by atoms with van der Waals surface area (Å²) in [5, 5.41) is 12.0. The summed E-state index contributed by atoms with van der Waals surface area (Å²) in [6.07, 6.45) is 0. The molecule has 1 aromatic rings. The lowest BCUT2D eigenvalue weighted by Crippen LogP contribution is -2.39. The zero-order valence-corrected chi connectivity index (χ0v) is 9.69. The van der Waals surface area contributed by atoms with Crippen LogP contribution in [0.1, 0.15) is 19.5 Å².